The van der Waals surface area contributed by atoms with E-state index in [-0.39, 0.29) is 5.91 Å². The molecule has 1 saturated heterocycles. The minimum atomic E-state index is 0.0868. The number of para-hydroxylation sites is 1. The molecule has 2 rings (SSSR count). The van der Waals surface area contributed by atoms with Crippen LogP contribution >= 0.6 is 0 Å². The van der Waals surface area contributed by atoms with E-state index in [0.29, 0.717) is 6.54 Å². The highest BCUT2D eigenvalue weighted by Gasteiger charge is 2.20. The smallest absolute Gasteiger partial charge is 0.238 e. The number of nitrogens with zero attached hydrogens (tertiary/aromatic N) is 1. The Balaban J connectivity index is 1.65. The van der Waals surface area contributed by atoms with Crippen molar-refractivity contribution in [3.8, 4) is 0 Å². The lowest BCUT2D eigenvalue weighted by atomic mass is 9.97. The van der Waals surface area contributed by atoms with E-state index in [0.717, 1.165) is 37.8 Å². The van der Waals surface area contributed by atoms with Crippen molar-refractivity contribution >= 4 is 11.6 Å². The standard InChI is InChI=1S/C17H27N3O/c1-2-10-18-13-15-8-11-20(12-9-15)14-17(21)19-16-6-4-3-5-7-16/h3-7,15,18H,2,8-14H2,1H3,(H,19,21). The summed E-state index contributed by atoms with van der Waals surface area (Å²) >= 11 is 0. The monoisotopic (exact) mass is 289 g/mol. The Morgan fingerprint density at radius 2 is 1.95 bits per heavy atom. The second-order valence-electron chi connectivity index (χ2n) is 5.84. The van der Waals surface area contributed by atoms with Crippen LogP contribution in [0.5, 0.6) is 0 Å². The van der Waals surface area contributed by atoms with Crippen molar-refractivity contribution < 1.29 is 4.79 Å². The van der Waals surface area contributed by atoms with Gasteiger partial charge >= 0.3 is 0 Å². The summed E-state index contributed by atoms with van der Waals surface area (Å²) in [5.41, 5.74) is 0.876. The van der Waals surface area contributed by atoms with Crippen LogP contribution in [0.1, 0.15) is 26.2 Å². The third-order valence-corrected chi connectivity index (χ3v) is 3.99. The molecule has 0 atom stereocenters. The average Bonchev–Trinajstić information content (AvgIpc) is 2.50. The Hall–Kier alpha value is -1.39. The highest BCUT2D eigenvalue weighted by molar-refractivity contribution is 5.92. The third-order valence-electron chi connectivity index (χ3n) is 3.99. The van der Waals surface area contributed by atoms with Gasteiger partial charge in [-0.3, -0.25) is 9.69 Å². The lowest BCUT2D eigenvalue weighted by Gasteiger charge is -2.31. The quantitative estimate of drug-likeness (QED) is 0.757. The zero-order valence-electron chi connectivity index (χ0n) is 13.0. The SMILES string of the molecule is CCCNCC1CCN(CC(=O)Nc2ccccc2)CC1. The molecular weight excluding hydrogens is 262 g/mol. The maximum absolute atomic E-state index is 12.0. The van der Waals surface area contributed by atoms with Crippen molar-refractivity contribution in [1.29, 1.82) is 0 Å². The molecule has 4 heteroatoms. The van der Waals surface area contributed by atoms with Crippen molar-refractivity contribution in [1.82, 2.24) is 10.2 Å². The van der Waals surface area contributed by atoms with E-state index in [2.05, 4.69) is 22.5 Å². The van der Waals surface area contributed by atoms with E-state index in [1.807, 2.05) is 30.3 Å². The number of piperidine rings is 1. The Labute approximate surface area is 127 Å². The van der Waals surface area contributed by atoms with Crippen molar-refractivity contribution in [3.05, 3.63) is 30.3 Å². The van der Waals surface area contributed by atoms with Crippen LogP contribution in [0.15, 0.2) is 30.3 Å². The summed E-state index contributed by atoms with van der Waals surface area (Å²) in [5.74, 6) is 0.855. The van der Waals surface area contributed by atoms with Crippen LogP contribution in [0.3, 0.4) is 0 Å². The molecule has 0 radical (unpaired) electrons. The number of carbonyl (C=O) groups is 1. The van der Waals surface area contributed by atoms with Crippen LogP contribution in [-0.4, -0.2) is 43.5 Å². The Kier molecular flexibility index (Phi) is 6.70. The molecule has 0 aliphatic carbocycles. The van der Waals surface area contributed by atoms with Crippen molar-refractivity contribution in [3.63, 3.8) is 0 Å². The van der Waals surface area contributed by atoms with Crippen LogP contribution in [0.4, 0.5) is 5.69 Å². The summed E-state index contributed by atoms with van der Waals surface area (Å²) in [4.78, 5) is 14.3. The van der Waals surface area contributed by atoms with Gasteiger partial charge in [-0.1, -0.05) is 25.1 Å². The molecule has 1 aliphatic heterocycles. The lowest BCUT2D eigenvalue weighted by molar-refractivity contribution is -0.117. The lowest BCUT2D eigenvalue weighted by Crippen LogP contribution is -2.41. The fourth-order valence-electron chi connectivity index (χ4n) is 2.76. The fraction of sp³-hybridized carbons (Fsp3) is 0.588. The number of carbonyl (C=O) groups excluding carboxylic acids is 1. The van der Waals surface area contributed by atoms with Gasteiger partial charge < -0.3 is 10.6 Å². The molecule has 1 heterocycles. The van der Waals surface area contributed by atoms with Gasteiger partial charge in [0.05, 0.1) is 6.54 Å². The van der Waals surface area contributed by atoms with E-state index >= 15 is 0 Å². The van der Waals surface area contributed by atoms with Gasteiger partial charge in [0.25, 0.3) is 0 Å². The first-order chi connectivity index (χ1) is 10.3. The van der Waals surface area contributed by atoms with Crippen molar-refractivity contribution in [2.45, 2.75) is 26.2 Å². The third kappa shape index (κ3) is 5.86. The topological polar surface area (TPSA) is 44.4 Å². The summed E-state index contributed by atoms with van der Waals surface area (Å²) in [6.07, 6.45) is 3.57. The van der Waals surface area contributed by atoms with Crippen LogP contribution in [-0.2, 0) is 4.79 Å². The van der Waals surface area contributed by atoms with E-state index in [4.69, 9.17) is 0 Å². The highest BCUT2D eigenvalue weighted by Crippen LogP contribution is 2.16. The molecule has 1 fully saturated rings. The van der Waals surface area contributed by atoms with Gasteiger partial charge in [-0.2, -0.15) is 0 Å². The molecule has 1 aliphatic rings. The summed E-state index contributed by atoms with van der Waals surface area (Å²) < 4.78 is 0. The van der Waals surface area contributed by atoms with Gasteiger partial charge in [0.2, 0.25) is 5.91 Å². The van der Waals surface area contributed by atoms with Gasteiger partial charge in [0.1, 0.15) is 0 Å². The number of amides is 1. The van der Waals surface area contributed by atoms with Gasteiger partial charge in [-0.05, 0) is 63.5 Å². The maximum Gasteiger partial charge on any atom is 0.238 e. The normalized spacial score (nSPS) is 16.8. The molecule has 116 valence electrons. The summed E-state index contributed by atoms with van der Waals surface area (Å²) in [5, 5.41) is 6.44. The number of benzene rings is 1. The molecule has 21 heavy (non-hydrogen) atoms. The minimum Gasteiger partial charge on any atom is -0.325 e. The zero-order chi connectivity index (χ0) is 14.9. The van der Waals surface area contributed by atoms with Crippen molar-refractivity contribution in [2.75, 3.05) is 38.0 Å². The number of anilines is 1. The molecule has 4 nitrogen and oxygen atoms in total. The molecule has 0 bridgehead atoms. The first kappa shape index (κ1) is 16.0. The Morgan fingerprint density at radius 3 is 2.62 bits per heavy atom. The largest absolute Gasteiger partial charge is 0.325 e. The van der Waals surface area contributed by atoms with Crippen molar-refractivity contribution in [2.24, 2.45) is 5.92 Å². The Morgan fingerprint density at radius 1 is 1.24 bits per heavy atom. The van der Waals surface area contributed by atoms with Gasteiger partial charge in [-0.15, -0.1) is 0 Å². The molecule has 2 N–H and O–H groups in total. The molecule has 0 saturated carbocycles. The fourth-order valence-corrected chi connectivity index (χ4v) is 2.76. The number of hydrogen-bond acceptors (Lipinski definition) is 3. The summed E-state index contributed by atoms with van der Waals surface area (Å²) in [6, 6.07) is 9.66. The van der Waals surface area contributed by atoms with Crippen LogP contribution in [0.2, 0.25) is 0 Å². The van der Waals surface area contributed by atoms with E-state index in [1.54, 1.807) is 0 Å². The number of rotatable bonds is 7. The molecule has 0 spiro atoms. The number of nitrogens with one attached hydrogen (secondary N) is 2. The van der Waals surface area contributed by atoms with E-state index in [9.17, 15) is 4.79 Å². The summed E-state index contributed by atoms with van der Waals surface area (Å²) in [7, 11) is 0. The first-order valence-electron chi connectivity index (χ1n) is 8.06. The first-order valence-corrected chi connectivity index (χ1v) is 8.06. The van der Waals surface area contributed by atoms with Crippen LogP contribution < -0.4 is 10.6 Å². The second kappa shape index (κ2) is 8.80. The predicted octanol–water partition coefficient (Wildman–Crippen LogP) is 2.34. The molecule has 0 unspecified atom stereocenters. The van der Waals surface area contributed by atoms with Gasteiger partial charge in [-0.25, -0.2) is 0 Å². The van der Waals surface area contributed by atoms with E-state index in [1.165, 1.54) is 19.3 Å². The average molecular weight is 289 g/mol. The highest BCUT2D eigenvalue weighted by atomic mass is 16.2. The van der Waals surface area contributed by atoms with Crippen LogP contribution in [0, 0.1) is 5.92 Å². The second-order valence-corrected chi connectivity index (χ2v) is 5.84. The van der Waals surface area contributed by atoms with E-state index < -0.39 is 0 Å². The van der Waals surface area contributed by atoms with Gasteiger partial charge in [0, 0.05) is 5.69 Å². The van der Waals surface area contributed by atoms with Gasteiger partial charge in [0.15, 0.2) is 0 Å². The number of likely N-dealkylation sites (tertiary alicyclic amines) is 1. The number of hydrogen-bond donors (Lipinski definition) is 2. The minimum absolute atomic E-state index is 0.0868. The maximum atomic E-state index is 12.0. The zero-order valence-corrected chi connectivity index (χ0v) is 13.0. The van der Waals surface area contributed by atoms with Crippen LogP contribution in [0.25, 0.3) is 0 Å². The molecule has 0 aromatic heterocycles. The summed E-state index contributed by atoms with van der Waals surface area (Å²) in [6.45, 7) is 6.99. The predicted molar refractivity (Wildman–Crippen MR) is 87.4 cm³/mol. The Bertz CT molecular complexity index is 413. The molecular formula is C17H27N3O. The molecule has 1 aromatic rings. The molecule has 1 amide bonds. The molecule has 1 aromatic carbocycles.